The smallest absolute Gasteiger partial charge is 0.454 e. The number of nitrogens with zero attached hydrogens (tertiary/aromatic N) is 5. The van der Waals surface area contributed by atoms with Gasteiger partial charge in [0.25, 0.3) is 5.69 Å². The fourth-order valence-corrected chi connectivity index (χ4v) is 1.92. The maximum atomic E-state index is 10.6. The highest BCUT2D eigenvalue weighted by Crippen LogP contribution is 2.47. The number of hydrogen-bond donors (Lipinski definition) is 1. The number of ether oxygens (including phenoxy) is 2. The minimum absolute atomic E-state index is 0.0329. The van der Waals surface area contributed by atoms with Crippen molar-refractivity contribution in [2.75, 3.05) is 20.0 Å². The van der Waals surface area contributed by atoms with E-state index in [4.69, 9.17) is 20.6 Å². The third kappa shape index (κ3) is 3.20. The Bertz CT molecular complexity index is 842. The van der Waals surface area contributed by atoms with Gasteiger partial charge in [0.05, 0.1) is 24.8 Å². The van der Waals surface area contributed by atoms with Crippen molar-refractivity contribution < 1.29 is 14.4 Å². The van der Waals surface area contributed by atoms with Crippen LogP contribution in [0.5, 0.6) is 11.5 Å². The Balaban J connectivity index is 2.44. The van der Waals surface area contributed by atoms with E-state index in [9.17, 15) is 10.1 Å². The number of nitrogen functional groups attached to an aromatic ring is 1. The first-order chi connectivity index (χ1) is 11.5. The monoisotopic (exact) mass is 329 g/mol. The van der Waals surface area contributed by atoms with E-state index in [-0.39, 0.29) is 34.2 Å². The maximum absolute atomic E-state index is 10.6. The van der Waals surface area contributed by atoms with Crippen LogP contribution < -0.4 is 15.2 Å². The third-order valence-electron chi connectivity index (χ3n) is 3.09. The molecule has 0 radical (unpaired) electrons. The first-order valence-electron chi connectivity index (χ1n) is 6.57. The van der Waals surface area contributed by atoms with Gasteiger partial charge >= 0.3 is 5.69 Å². The predicted molar refractivity (Wildman–Crippen MR) is 86.0 cm³/mol. The number of rotatable bonds is 5. The lowest BCUT2D eigenvalue weighted by molar-refractivity contribution is -0.384. The number of benzene rings is 2. The summed E-state index contributed by atoms with van der Waals surface area (Å²) >= 11 is 0. The number of nitrogens with two attached hydrogens (primary N) is 1. The highest BCUT2D eigenvalue weighted by molar-refractivity contribution is 5.85. The average Bonchev–Trinajstić information content (AvgIpc) is 2.60. The maximum Gasteiger partial charge on any atom is 0.454 e. The van der Waals surface area contributed by atoms with Gasteiger partial charge in [-0.2, -0.15) is 5.11 Å². The van der Waals surface area contributed by atoms with Crippen LogP contribution in [0, 0.1) is 15.5 Å². The van der Waals surface area contributed by atoms with Gasteiger partial charge in [0.15, 0.2) is 16.4 Å². The normalized spacial score (nSPS) is 10.4. The van der Waals surface area contributed by atoms with Crippen molar-refractivity contribution >= 4 is 28.4 Å². The fourth-order valence-electron chi connectivity index (χ4n) is 1.92. The quantitative estimate of drug-likeness (QED) is 0.288. The molecule has 0 fully saturated rings. The second kappa shape index (κ2) is 7.01. The lowest BCUT2D eigenvalue weighted by atomic mass is 10.2. The van der Waals surface area contributed by atoms with Gasteiger partial charge < -0.3 is 15.2 Å². The lowest BCUT2D eigenvalue weighted by Crippen LogP contribution is -1.95. The van der Waals surface area contributed by atoms with E-state index in [1.165, 1.54) is 44.6 Å². The predicted octanol–water partition coefficient (Wildman–Crippen LogP) is 4.09. The van der Waals surface area contributed by atoms with Crippen LogP contribution in [0.1, 0.15) is 0 Å². The standard InChI is InChI=1S/C14H13N6O4/c1-23-11-7-10(14(24-2)13(17-16)12(11)15)19-18-8-3-5-9(6-4-8)20(21)22/h3-7H,15H2,1-2H3/q+1. The summed E-state index contributed by atoms with van der Waals surface area (Å²) in [6, 6.07) is 6.98. The summed E-state index contributed by atoms with van der Waals surface area (Å²) in [5, 5.41) is 27.7. The molecule has 0 saturated heterocycles. The second-order valence-electron chi connectivity index (χ2n) is 4.47. The van der Waals surface area contributed by atoms with Crippen LogP contribution in [0.2, 0.25) is 0 Å². The summed E-state index contributed by atoms with van der Waals surface area (Å²) in [5.74, 6) is 0.350. The SMILES string of the molecule is COc1cc(N=Nc2ccc([N+](=O)[O-])cc2)c(OC)c([N+]#N)c1N. The van der Waals surface area contributed by atoms with Gasteiger partial charge in [0.2, 0.25) is 11.1 Å². The lowest BCUT2D eigenvalue weighted by Gasteiger charge is -2.06. The average molecular weight is 329 g/mol. The zero-order chi connectivity index (χ0) is 17.7. The van der Waals surface area contributed by atoms with Crippen LogP contribution >= 0.6 is 0 Å². The van der Waals surface area contributed by atoms with E-state index in [0.29, 0.717) is 5.69 Å². The number of azo groups is 1. The molecule has 0 aliphatic carbocycles. The first kappa shape index (κ1) is 16.6. The molecule has 10 heteroatoms. The van der Waals surface area contributed by atoms with Crippen molar-refractivity contribution in [2.45, 2.75) is 0 Å². The molecule has 0 heterocycles. The van der Waals surface area contributed by atoms with E-state index in [1.54, 1.807) is 0 Å². The Hall–Kier alpha value is -3.74. The third-order valence-corrected chi connectivity index (χ3v) is 3.09. The number of anilines is 1. The molecule has 122 valence electrons. The first-order valence-corrected chi connectivity index (χ1v) is 6.57. The Morgan fingerprint density at radius 3 is 2.38 bits per heavy atom. The van der Waals surface area contributed by atoms with E-state index < -0.39 is 4.92 Å². The summed E-state index contributed by atoms with van der Waals surface area (Å²) in [5.41, 5.74) is 6.42. The van der Waals surface area contributed by atoms with Crippen LogP contribution in [-0.4, -0.2) is 19.1 Å². The molecule has 0 saturated carbocycles. The van der Waals surface area contributed by atoms with Crippen LogP contribution in [0.3, 0.4) is 0 Å². The van der Waals surface area contributed by atoms with Gasteiger partial charge in [-0.15, -0.1) is 5.11 Å². The fraction of sp³-hybridized carbons (Fsp3) is 0.143. The van der Waals surface area contributed by atoms with Gasteiger partial charge in [-0.3, -0.25) is 10.1 Å². The number of non-ortho nitro benzene ring substituents is 1. The number of nitro groups is 1. The van der Waals surface area contributed by atoms with Crippen LogP contribution in [-0.2, 0) is 0 Å². The second-order valence-corrected chi connectivity index (χ2v) is 4.47. The summed E-state index contributed by atoms with van der Waals surface area (Å²) in [7, 11) is 2.76. The number of methoxy groups -OCH3 is 2. The van der Waals surface area contributed by atoms with Crippen molar-refractivity contribution in [1.29, 1.82) is 5.39 Å². The molecule has 0 atom stereocenters. The zero-order valence-corrected chi connectivity index (χ0v) is 12.8. The van der Waals surface area contributed by atoms with E-state index in [1.807, 2.05) is 0 Å². The van der Waals surface area contributed by atoms with Crippen LogP contribution in [0.4, 0.5) is 28.4 Å². The molecule has 0 aliphatic heterocycles. The molecule has 0 aromatic heterocycles. The van der Waals surface area contributed by atoms with Gasteiger partial charge in [0, 0.05) is 18.2 Å². The summed E-state index contributed by atoms with van der Waals surface area (Å²) in [4.78, 5) is 13.2. The van der Waals surface area contributed by atoms with E-state index >= 15 is 0 Å². The van der Waals surface area contributed by atoms with E-state index in [2.05, 4.69) is 15.2 Å². The Labute approximate surface area is 136 Å². The largest absolute Gasteiger partial charge is 0.494 e. The van der Waals surface area contributed by atoms with Crippen molar-refractivity contribution in [1.82, 2.24) is 0 Å². The topological polar surface area (TPSA) is 140 Å². The zero-order valence-electron chi connectivity index (χ0n) is 12.8. The molecule has 24 heavy (non-hydrogen) atoms. The molecule has 2 aromatic carbocycles. The van der Waals surface area contributed by atoms with Crippen molar-refractivity contribution in [3.63, 3.8) is 0 Å². The summed E-state index contributed by atoms with van der Waals surface area (Å²) in [6.45, 7) is 0. The molecular weight excluding hydrogens is 316 g/mol. The molecule has 0 aliphatic rings. The minimum atomic E-state index is -0.510. The molecule has 2 aromatic rings. The minimum Gasteiger partial charge on any atom is -0.494 e. The highest BCUT2D eigenvalue weighted by Gasteiger charge is 2.28. The van der Waals surface area contributed by atoms with Gasteiger partial charge in [0.1, 0.15) is 5.69 Å². The van der Waals surface area contributed by atoms with Gasteiger partial charge in [-0.25, -0.2) is 0 Å². The van der Waals surface area contributed by atoms with Crippen LogP contribution in [0.25, 0.3) is 4.98 Å². The Morgan fingerprint density at radius 2 is 1.88 bits per heavy atom. The summed E-state index contributed by atoms with van der Waals surface area (Å²) in [6.07, 6.45) is 0. The molecule has 2 N–H and O–H groups in total. The van der Waals surface area contributed by atoms with Crippen molar-refractivity contribution in [3.8, 4) is 11.5 Å². The molecule has 2 rings (SSSR count). The Kier molecular flexibility index (Phi) is 4.86. The number of nitro benzene ring substituents is 1. The molecule has 10 nitrogen and oxygen atoms in total. The van der Waals surface area contributed by atoms with Gasteiger partial charge in [-0.1, -0.05) is 0 Å². The molecule has 0 spiro atoms. The molecule has 0 bridgehead atoms. The highest BCUT2D eigenvalue weighted by atomic mass is 16.6. The van der Waals surface area contributed by atoms with Crippen LogP contribution in [0.15, 0.2) is 40.6 Å². The molecule has 0 amide bonds. The number of diazo groups is 1. The molecular formula is C14H13N6O4+. The van der Waals surface area contributed by atoms with E-state index in [0.717, 1.165) is 0 Å². The number of hydrogen-bond acceptors (Lipinski definition) is 8. The molecule has 0 unspecified atom stereocenters. The van der Waals surface area contributed by atoms with Crippen molar-refractivity contribution in [3.05, 3.63) is 45.4 Å². The summed E-state index contributed by atoms with van der Waals surface area (Å²) < 4.78 is 10.2. The van der Waals surface area contributed by atoms with Crippen molar-refractivity contribution in [2.24, 2.45) is 10.2 Å². The Morgan fingerprint density at radius 1 is 1.21 bits per heavy atom. The van der Waals surface area contributed by atoms with Gasteiger partial charge in [-0.05, 0) is 12.1 Å².